The van der Waals surface area contributed by atoms with Gasteiger partial charge < -0.3 is 15.1 Å². The topological polar surface area (TPSA) is 55.9 Å². The van der Waals surface area contributed by atoms with Crippen LogP contribution >= 0.6 is 0 Å². The average Bonchev–Trinajstić information content (AvgIpc) is 2.78. The van der Waals surface area contributed by atoms with Crippen LogP contribution in [0.5, 0.6) is 0 Å². The number of anilines is 2. The first-order valence-electron chi connectivity index (χ1n) is 11.1. The van der Waals surface area contributed by atoms with Crippen molar-refractivity contribution in [2.75, 3.05) is 50.0 Å². The summed E-state index contributed by atoms with van der Waals surface area (Å²) in [4.78, 5) is 31.5. The fourth-order valence-electron chi connectivity index (χ4n) is 4.10. The maximum absolute atomic E-state index is 12.9. The lowest BCUT2D eigenvalue weighted by Gasteiger charge is -2.39. The number of hydrogen-bond acceptors (Lipinski definition) is 4. The number of piperazine rings is 1. The van der Waals surface area contributed by atoms with Crippen LogP contribution in [0.4, 0.5) is 11.4 Å². The molecule has 1 atom stereocenters. The van der Waals surface area contributed by atoms with E-state index in [1.165, 1.54) is 16.2 Å². The van der Waals surface area contributed by atoms with Crippen LogP contribution in [-0.4, -0.2) is 67.4 Å². The molecule has 0 aromatic heterocycles. The number of hydrogen-bond donors (Lipinski definition) is 1. The van der Waals surface area contributed by atoms with Crippen molar-refractivity contribution in [1.82, 2.24) is 9.80 Å². The molecule has 0 saturated carbocycles. The largest absolute Gasteiger partial charge is 0.369 e. The normalized spacial score (nSPS) is 15.4. The third kappa shape index (κ3) is 5.85. The van der Waals surface area contributed by atoms with E-state index in [-0.39, 0.29) is 24.4 Å². The Labute approximate surface area is 185 Å². The van der Waals surface area contributed by atoms with Crippen molar-refractivity contribution in [3.05, 3.63) is 59.7 Å². The van der Waals surface area contributed by atoms with Gasteiger partial charge in [0.05, 0.1) is 12.6 Å². The van der Waals surface area contributed by atoms with Crippen LogP contribution in [0.25, 0.3) is 0 Å². The Kier molecular flexibility index (Phi) is 7.69. The zero-order chi connectivity index (χ0) is 22.4. The minimum absolute atomic E-state index is 0.0251. The lowest BCUT2D eigenvalue weighted by atomic mass is 10.1. The molecule has 2 aromatic carbocycles. The summed E-state index contributed by atoms with van der Waals surface area (Å²) in [5, 5.41) is 2.94. The first-order valence-corrected chi connectivity index (χ1v) is 11.1. The Morgan fingerprint density at radius 1 is 1.06 bits per heavy atom. The molecular weight excluding hydrogens is 388 g/mol. The smallest absolute Gasteiger partial charge is 0.243 e. The van der Waals surface area contributed by atoms with Crippen molar-refractivity contribution in [3.8, 4) is 0 Å². The lowest BCUT2D eigenvalue weighted by Crippen LogP contribution is -2.54. The summed E-state index contributed by atoms with van der Waals surface area (Å²) < 4.78 is 0. The number of amides is 2. The molecule has 1 heterocycles. The Bertz CT molecular complexity index is 906. The van der Waals surface area contributed by atoms with Gasteiger partial charge in [0.2, 0.25) is 11.8 Å². The average molecular weight is 423 g/mol. The minimum atomic E-state index is -0.250. The number of carbonyl (C=O) groups excluding carboxylic acids is 2. The summed E-state index contributed by atoms with van der Waals surface area (Å²) in [6.45, 7) is 9.57. The molecule has 1 aliphatic rings. The van der Waals surface area contributed by atoms with Crippen LogP contribution in [0, 0.1) is 6.92 Å². The van der Waals surface area contributed by atoms with Gasteiger partial charge in [-0.2, -0.15) is 0 Å². The second-order valence-corrected chi connectivity index (χ2v) is 8.29. The highest BCUT2D eigenvalue weighted by Gasteiger charge is 2.28. The number of aryl methyl sites for hydroxylation is 2. The van der Waals surface area contributed by atoms with Crippen molar-refractivity contribution in [3.63, 3.8) is 0 Å². The molecule has 31 heavy (non-hydrogen) atoms. The van der Waals surface area contributed by atoms with Crippen LogP contribution in [0.1, 0.15) is 25.0 Å². The zero-order valence-electron chi connectivity index (χ0n) is 19.1. The van der Waals surface area contributed by atoms with Gasteiger partial charge in [0.1, 0.15) is 0 Å². The molecule has 166 valence electrons. The van der Waals surface area contributed by atoms with E-state index in [1.54, 1.807) is 7.05 Å². The van der Waals surface area contributed by atoms with Crippen LogP contribution in [-0.2, 0) is 16.0 Å². The van der Waals surface area contributed by atoms with Gasteiger partial charge >= 0.3 is 0 Å². The fraction of sp³-hybridized carbons (Fsp3) is 0.440. The predicted molar refractivity (Wildman–Crippen MR) is 127 cm³/mol. The van der Waals surface area contributed by atoms with E-state index in [0.717, 1.165) is 43.9 Å². The Morgan fingerprint density at radius 3 is 2.45 bits per heavy atom. The molecule has 3 rings (SSSR count). The summed E-state index contributed by atoms with van der Waals surface area (Å²) >= 11 is 0. The van der Waals surface area contributed by atoms with Crippen molar-refractivity contribution in [2.45, 2.75) is 33.2 Å². The first kappa shape index (κ1) is 22.8. The zero-order valence-corrected chi connectivity index (χ0v) is 19.1. The Hall–Kier alpha value is -2.86. The van der Waals surface area contributed by atoms with Crippen LogP contribution in [0.3, 0.4) is 0 Å². The SMILES string of the molecule is CCc1ccccc1NC(=O)CN(C)C(=O)[C@H](C)N1CCN(c2cccc(C)c2)CC1. The van der Waals surface area contributed by atoms with Crippen molar-refractivity contribution >= 4 is 23.2 Å². The molecule has 0 spiro atoms. The van der Waals surface area contributed by atoms with E-state index in [2.05, 4.69) is 53.2 Å². The molecule has 2 amide bonds. The van der Waals surface area contributed by atoms with Gasteiger partial charge in [-0.15, -0.1) is 0 Å². The molecule has 1 saturated heterocycles. The minimum Gasteiger partial charge on any atom is -0.369 e. The number of rotatable bonds is 7. The van der Waals surface area contributed by atoms with E-state index in [0.29, 0.717) is 0 Å². The quantitative estimate of drug-likeness (QED) is 0.745. The second kappa shape index (κ2) is 10.4. The fourth-order valence-corrected chi connectivity index (χ4v) is 4.10. The van der Waals surface area contributed by atoms with E-state index in [9.17, 15) is 9.59 Å². The van der Waals surface area contributed by atoms with E-state index >= 15 is 0 Å². The van der Waals surface area contributed by atoms with Crippen molar-refractivity contribution in [1.29, 1.82) is 0 Å². The molecule has 1 fully saturated rings. The number of nitrogens with one attached hydrogen (secondary N) is 1. The number of likely N-dealkylation sites (N-methyl/N-ethyl adjacent to an activating group) is 1. The first-order chi connectivity index (χ1) is 14.9. The van der Waals surface area contributed by atoms with Gasteiger partial charge in [0, 0.05) is 44.6 Å². The molecule has 6 heteroatoms. The van der Waals surface area contributed by atoms with Crippen LogP contribution in [0.2, 0.25) is 0 Å². The van der Waals surface area contributed by atoms with Crippen LogP contribution in [0.15, 0.2) is 48.5 Å². The van der Waals surface area contributed by atoms with Gasteiger partial charge in [-0.3, -0.25) is 14.5 Å². The summed E-state index contributed by atoms with van der Waals surface area (Å²) in [6, 6.07) is 16.0. The third-order valence-electron chi connectivity index (χ3n) is 6.02. The predicted octanol–water partition coefficient (Wildman–Crippen LogP) is 3.17. The van der Waals surface area contributed by atoms with E-state index in [4.69, 9.17) is 0 Å². The molecule has 0 radical (unpaired) electrons. The lowest BCUT2D eigenvalue weighted by molar-refractivity contribution is -0.137. The molecule has 0 unspecified atom stereocenters. The van der Waals surface area contributed by atoms with Crippen LogP contribution < -0.4 is 10.2 Å². The Balaban J connectivity index is 1.51. The highest BCUT2D eigenvalue weighted by molar-refractivity contribution is 5.95. The van der Waals surface area contributed by atoms with Crippen molar-refractivity contribution < 1.29 is 9.59 Å². The Morgan fingerprint density at radius 2 is 1.77 bits per heavy atom. The molecule has 1 N–H and O–H groups in total. The maximum Gasteiger partial charge on any atom is 0.243 e. The summed E-state index contributed by atoms with van der Waals surface area (Å²) in [5.41, 5.74) is 4.39. The summed E-state index contributed by atoms with van der Waals surface area (Å²) in [6.07, 6.45) is 0.844. The number of benzene rings is 2. The second-order valence-electron chi connectivity index (χ2n) is 8.29. The van der Waals surface area contributed by atoms with Gasteiger partial charge in [0.15, 0.2) is 0 Å². The van der Waals surface area contributed by atoms with E-state index < -0.39 is 0 Å². The van der Waals surface area contributed by atoms with Gasteiger partial charge in [0.25, 0.3) is 0 Å². The van der Waals surface area contributed by atoms with Crippen molar-refractivity contribution in [2.24, 2.45) is 0 Å². The third-order valence-corrected chi connectivity index (χ3v) is 6.02. The molecule has 0 bridgehead atoms. The van der Waals surface area contributed by atoms with Gasteiger partial charge in [-0.1, -0.05) is 37.3 Å². The highest BCUT2D eigenvalue weighted by Crippen LogP contribution is 2.19. The summed E-state index contributed by atoms with van der Waals surface area (Å²) in [7, 11) is 1.70. The van der Waals surface area contributed by atoms with E-state index in [1.807, 2.05) is 31.2 Å². The molecule has 2 aromatic rings. The number of nitrogens with zero attached hydrogens (tertiary/aromatic N) is 3. The number of para-hydroxylation sites is 1. The monoisotopic (exact) mass is 422 g/mol. The molecule has 0 aliphatic carbocycles. The summed E-state index contributed by atoms with van der Waals surface area (Å²) in [5.74, 6) is -0.198. The number of carbonyl (C=O) groups is 2. The standard InChI is InChI=1S/C25H34N4O2/c1-5-21-10-6-7-12-23(21)26-24(30)18-27(4)25(31)20(3)28-13-15-29(16-14-28)22-11-8-9-19(2)17-22/h6-12,17,20H,5,13-16,18H2,1-4H3,(H,26,30)/t20-/m0/s1. The molecule has 1 aliphatic heterocycles. The maximum atomic E-state index is 12.9. The van der Waals surface area contributed by atoms with Gasteiger partial charge in [-0.05, 0) is 49.6 Å². The molecular formula is C25H34N4O2. The van der Waals surface area contributed by atoms with Gasteiger partial charge in [-0.25, -0.2) is 0 Å². The molecule has 6 nitrogen and oxygen atoms in total. The highest BCUT2D eigenvalue weighted by atomic mass is 16.2.